The lowest BCUT2D eigenvalue weighted by Gasteiger charge is -2.20. The molecule has 3 fully saturated rings. The van der Waals surface area contributed by atoms with E-state index in [0.29, 0.717) is 0 Å². The van der Waals surface area contributed by atoms with Gasteiger partial charge in [0.1, 0.15) is 0 Å². The lowest BCUT2D eigenvalue weighted by Crippen LogP contribution is -2.33. The molecule has 0 aromatic heterocycles. The van der Waals surface area contributed by atoms with Crippen LogP contribution in [0.3, 0.4) is 0 Å². The van der Waals surface area contributed by atoms with Crippen LogP contribution in [0.25, 0.3) is 0 Å². The van der Waals surface area contributed by atoms with Crippen LogP contribution < -0.4 is 4.90 Å². The maximum absolute atomic E-state index is 13.1. The summed E-state index contributed by atoms with van der Waals surface area (Å²) in [5.41, 5.74) is 1.79. The third-order valence-corrected chi connectivity index (χ3v) is 6.46. The highest BCUT2D eigenvalue weighted by molar-refractivity contribution is 6.23. The minimum Gasteiger partial charge on any atom is -0.274 e. The number of benzene rings is 1. The number of carbonyl (C=O) groups excluding carboxylic acids is 2. The average Bonchev–Trinajstić information content (AvgIpc) is 3.37. The molecule has 27 heavy (non-hydrogen) atoms. The molecule has 2 saturated carbocycles. The molecule has 1 aliphatic heterocycles. The van der Waals surface area contributed by atoms with Crippen LogP contribution in [0.1, 0.15) is 31.2 Å². The SMILES string of the molecule is O=C1[C@@H]2[C@H](C(=O)N1c1cccc(C(F)(F)F)c1)[C@@H]1C=C[C@@H]2C1=C1CCCC1. The summed E-state index contributed by atoms with van der Waals surface area (Å²) in [6.45, 7) is 0. The average molecular weight is 373 g/mol. The van der Waals surface area contributed by atoms with E-state index in [-0.39, 0.29) is 29.3 Å². The number of amides is 2. The summed E-state index contributed by atoms with van der Waals surface area (Å²) in [5.74, 6) is -1.80. The molecule has 1 aromatic rings. The summed E-state index contributed by atoms with van der Waals surface area (Å²) in [4.78, 5) is 27.1. The van der Waals surface area contributed by atoms with Crippen molar-refractivity contribution in [2.75, 3.05) is 4.90 Å². The van der Waals surface area contributed by atoms with Crippen molar-refractivity contribution in [3.8, 4) is 0 Å². The molecule has 140 valence electrons. The van der Waals surface area contributed by atoms with E-state index in [1.165, 1.54) is 23.3 Å². The van der Waals surface area contributed by atoms with Gasteiger partial charge in [-0.05, 0) is 43.9 Å². The van der Waals surface area contributed by atoms with Crippen LogP contribution in [0.4, 0.5) is 18.9 Å². The third-order valence-electron chi connectivity index (χ3n) is 6.46. The zero-order chi connectivity index (χ0) is 18.9. The van der Waals surface area contributed by atoms with Crippen molar-refractivity contribution in [2.45, 2.75) is 31.9 Å². The Bertz CT molecular complexity index is 872. The Hall–Kier alpha value is -2.37. The zero-order valence-corrected chi connectivity index (χ0v) is 14.5. The van der Waals surface area contributed by atoms with Crippen molar-refractivity contribution < 1.29 is 22.8 Å². The summed E-state index contributed by atoms with van der Waals surface area (Å²) >= 11 is 0. The molecule has 4 atom stereocenters. The zero-order valence-electron chi connectivity index (χ0n) is 14.5. The van der Waals surface area contributed by atoms with Crippen molar-refractivity contribution in [2.24, 2.45) is 23.7 Å². The molecule has 2 bridgehead atoms. The van der Waals surface area contributed by atoms with Crippen LogP contribution in [0.5, 0.6) is 0 Å². The minimum absolute atomic E-state index is 0.0173. The van der Waals surface area contributed by atoms with E-state index in [1.807, 2.05) is 12.2 Å². The molecule has 0 unspecified atom stereocenters. The molecule has 4 aliphatic rings. The summed E-state index contributed by atoms with van der Waals surface area (Å²) in [6.07, 6.45) is 3.88. The molecule has 1 aromatic carbocycles. The van der Waals surface area contributed by atoms with Crippen LogP contribution in [0, 0.1) is 23.7 Å². The molecule has 6 heteroatoms. The Labute approximate surface area is 154 Å². The van der Waals surface area contributed by atoms with Gasteiger partial charge in [0.05, 0.1) is 23.1 Å². The summed E-state index contributed by atoms with van der Waals surface area (Å²) in [5, 5.41) is 0. The first-order valence-electron chi connectivity index (χ1n) is 9.33. The van der Waals surface area contributed by atoms with Gasteiger partial charge in [0.2, 0.25) is 11.8 Å². The molecule has 0 spiro atoms. The molecule has 3 nitrogen and oxygen atoms in total. The van der Waals surface area contributed by atoms with Crippen molar-refractivity contribution in [3.63, 3.8) is 0 Å². The smallest absolute Gasteiger partial charge is 0.274 e. The standard InChI is InChI=1S/C21H18F3NO2/c22-21(23,24)12-6-3-7-13(10-12)25-19(26)17-14-8-9-15(18(17)20(25)27)16(14)11-4-1-2-5-11/h3,6-10,14-15,17-18H,1-2,4-5H2/t14-,15-,17-,18+/m1/s1. The maximum atomic E-state index is 13.1. The van der Waals surface area contributed by atoms with Gasteiger partial charge in [0.25, 0.3) is 0 Å². The molecule has 0 radical (unpaired) electrons. The molecule has 3 aliphatic carbocycles. The highest BCUT2D eigenvalue weighted by Gasteiger charge is 2.62. The number of allylic oxidation sites excluding steroid dienone is 4. The van der Waals surface area contributed by atoms with E-state index in [9.17, 15) is 22.8 Å². The second-order valence-electron chi connectivity index (χ2n) is 7.81. The minimum atomic E-state index is -4.52. The van der Waals surface area contributed by atoms with E-state index in [0.717, 1.165) is 42.7 Å². The second-order valence-corrected chi connectivity index (χ2v) is 7.81. The number of imide groups is 1. The second kappa shape index (κ2) is 5.57. The fraction of sp³-hybridized carbons (Fsp3) is 0.429. The normalized spacial score (nSPS) is 32.2. The van der Waals surface area contributed by atoms with Gasteiger partial charge >= 0.3 is 6.18 Å². The van der Waals surface area contributed by atoms with Crippen molar-refractivity contribution >= 4 is 17.5 Å². The Morgan fingerprint density at radius 3 is 2.07 bits per heavy atom. The van der Waals surface area contributed by atoms with Gasteiger partial charge in [-0.1, -0.05) is 29.4 Å². The van der Waals surface area contributed by atoms with E-state index >= 15 is 0 Å². The van der Waals surface area contributed by atoms with Crippen LogP contribution in [-0.2, 0) is 15.8 Å². The van der Waals surface area contributed by atoms with E-state index in [1.54, 1.807) is 0 Å². The number of hydrogen-bond donors (Lipinski definition) is 0. The summed E-state index contributed by atoms with van der Waals surface area (Å²) in [6, 6.07) is 4.48. The molecule has 0 N–H and O–H groups in total. The van der Waals surface area contributed by atoms with Gasteiger partial charge in [0.15, 0.2) is 0 Å². The molecule has 1 saturated heterocycles. The Morgan fingerprint density at radius 1 is 0.926 bits per heavy atom. The van der Waals surface area contributed by atoms with Crippen LogP contribution in [-0.4, -0.2) is 11.8 Å². The highest BCUT2D eigenvalue weighted by Crippen LogP contribution is 2.58. The van der Waals surface area contributed by atoms with Gasteiger partial charge < -0.3 is 0 Å². The number of halogens is 3. The lowest BCUT2D eigenvalue weighted by atomic mass is 9.85. The number of carbonyl (C=O) groups is 2. The first-order valence-corrected chi connectivity index (χ1v) is 9.33. The fourth-order valence-corrected chi connectivity index (χ4v) is 5.40. The molecular weight excluding hydrogens is 355 g/mol. The number of alkyl halides is 3. The quantitative estimate of drug-likeness (QED) is 0.537. The predicted octanol–water partition coefficient (Wildman–Crippen LogP) is 4.50. The Kier molecular flexibility index (Phi) is 3.46. The van der Waals surface area contributed by atoms with Gasteiger partial charge in [-0.2, -0.15) is 13.2 Å². The monoisotopic (exact) mass is 373 g/mol. The predicted molar refractivity (Wildman–Crippen MR) is 92.5 cm³/mol. The van der Waals surface area contributed by atoms with Gasteiger partial charge in [-0.3, -0.25) is 9.59 Å². The Balaban J connectivity index is 1.52. The Morgan fingerprint density at radius 2 is 1.52 bits per heavy atom. The first-order chi connectivity index (χ1) is 12.9. The van der Waals surface area contributed by atoms with Gasteiger partial charge in [-0.15, -0.1) is 0 Å². The molecular formula is C21H18F3NO2. The van der Waals surface area contributed by atoms with E-state index < -0.39 is 23.6 Å². The molecule has 5 rings (SSSR count). The van der Waals surface area contributed by atoms with Gasteiger partial charge in [0, 0.05) is 11.8 Å². The van der Waals surface area contributed by atoms with Crippen molar-refractivity contribution in [1.29, 1.82) is 0 Å². The third kappa shape index (κ3) is 2.28. The lowest BCUT2D eigenvalue weighted by molar-refractivity contribution is -0.137. The van der Waals surface area contributed by atoms with Crippen LogP contribution in [0.15, 0.2) is 47.6 Å². The van der Waals surface area contributed by atoms with Crippen LogP contribution in [0.2, 0.25) is 0 Å². The summed E-state index contributed by atoms with van der Waals surface area (Å²) in [7, 11) is 0. The van der Waals surface area contributed by atoms with Crippen molar-refractivity contribution in [3.05, 3.63) is 53.1 Å². The van der Waals surface area contributed by atoms with Crippen molar-refractivity contribution in [1.82, 2.24) is 0 Å². The number of fused-ring (bicyclic) bond motifs is 5. The number of anilines is 1. The number of rotatable bonds is 1. The highest BCUT2D eigenvalue weighted by atomic mass is 19.4. The maximum Gasteiger partial charge on any atom is 0.416 e. The molecule has 1 heterocycles. The molecule has 2 amide bonds. The van der Waals surface area contributed by atoms with E-state index in [4.69, 9.17) is 0 Å². The topological polar surface area (TPSA) is 37.4 Å². The van der Waals surface area contributed by atoms with Gasteiger partial charge in [-0.25, -0.2) is 4.90 Å². The number of hydrogen-bond acceptors (Lipinski definition) is 2. The van der Waals surface area contributed by atoms with E-state index in [2.05, 4.69) is 0 Å². The fourth-order valence-electron chi connectivity index (χ4n) is 5.40. The van der Waals surface area contributed by atoms with Crippen LogP contribution >= 0.6 is 0 Å². The first kappa shape index (κ1) is 16.8. The summed E-state index contributed by atoms with van der Waals surface area (Å²) < 4.78 is 39.1. The largest absolute Gasteiger partial charge is 0.416 e. The number of nitrogens with zero attached hydrogens (tertiary/aromatic N) is 1.